The molecule has 0 aromatic heterocycles. The van der Waals surface area contributed by atoms with Crippen LogP contribution >= 0.6 is 0 Å². The second kappa shape index (κ2) is 8.16. The molecule has 0 radical (unpaired) electrons. The molecule has 0 bridgehead atoms. The monoisotopic (exact) mass is 312 g/mol. The van der Waals surface area contributed by atoms with E-state index in [1.165, 1.54) is 19.3 Å². The third-order valence-electron chi connectivity index (χ3n) is 4.29. The van der Waals surface area contributed by atoms with Crippen LogP contribution in [0.2, 0.25) is 0 Å². The number of likely N-dealkylation sites (tertiary alicyclic amines) is 1. The highest BCUT2D eigenvalue weighted by atomic mass is 16.6. The zero-order valence-corrected chi connectivity index (χ0v) is 14.4. The molecule has 2 atom stereocenters. The first-order valence-corrected chi connectivity index (χ1v) is 8.77. The quantitative estimate of drug-likeness (QED) is 0.870. The van der Waals surface area contributed by atoms with Gasteiger partial charge >= 0.3 is 6.09 Å². The summed E-state index contributed by atoms with van der Waals surface area (Å²) in [6.45, 7) is 9.16. The molecular weight excluding hydrogens is 280 g/mol. The van der Waals surface area contributed by atoms with Crippen LogP contribution in [0.25, 0.3) is 0 Å². The van der Waals surface area contributed by atoms with Crippen LogP contribution in [0, 0.1) is 0 Å². The van der Waals surface area contributed by atoms with E-state index in [1.807, 2.05) is 25.7 Å². The SMILES string of the molecule is CC(C)(C)OC(=O)N1CCCC(NCC2CCCCO2)CC1. The van der Waals surface area contributed by atoms with Crippen molar-refractivity contribution in [2.75, 3.05) is 26.2 Å². The summed E-state index contributed by atoms with van der Waals surface area (Å²) in [5, 5.41) is 3.64. The maximum Gasteiger partial charge on any atom is 0.410 e. The molecule has 2 aliphatic rings. The van der Waals surface area contributed by atoms with Gasteiger partial charge in [0.05, 0.1) is 6.10 Å². The van der Waals surface area contributed by atoms with Crippen molar-refractivity contribution in [3.8, 4) is 0 Å². The zero-order valence-electron chi connectivity index (χ0n) is 14.4. The zero-order chi connectivity index (χ0) is 16.0. The Balaban J connectivity index is 1.71. The number of rotatable bonds is 3. The fourth-order valence-electron chi connectivity index (χ4n) is 3.08. The lowest BCUT2D eigenvalue weighted by atomic mass is 10.1. The molecule has 22 heavy (non-hydrogen) atoms. The van der Waals surface area contributed by atoms with Crippen LogP contribution in [0.15, 0.2) is 0 Å². The average Bonchev–Trinajstić information content (AvgIpc) is 2.70. The van der Waals surface area contributed by atoms with E-state index in [9.17, 15) is 4.79 Å². The summed E-state index contributed by atoms with van der Waals surface area (Å²) in [7, 11) is 0. The highest BCUT2D eigenvalue weighted by Crippen LogP contribution is 2.17. The minimum absolute atomic E-state index is 0.177. The Morgan fingerprint density at radius 3 is 2.68 bits per heavy atom. The largest absolute Gasteiger partial charge is 0.444 e. The van der Waals surface area contributed by atoms with Crippen LogP contribution in [0.5, 0.6) is 0 Å². The number of hydrogen-bond donors (Lipinski definition) is 1. The van der Waals surface area contributed by atoms with Gasteiger partial charge < -0.3 is 19.7 Å². The molecule has 2 fully saturated rings. The number of ether oxygens (including phenoxy) is 2. The fraction of sp³-hybridized carbons (Fsp3) is 0.941. The second-order valence-electron chi connectivity index (χ2n) is 7.49. The summed E-state index contributed by atoms with van der Waals surface area (Å²) in [4.78, 5) is 14.0. The maximum atomic E-state index is 12.1. The van der Waals surface area contributed by atoms with Gasteiger partial charge in [-0.25, -0.2) is 4.79 Å². The molecule has 2 rings (SSSR count). The van der Waals surface area contributed by atoms with Crippen molar-refractivity contribution < 1.29 is 14.3 Å². The minimum Gasteiger partial charge on any atom is -0.444 e. The van der Waals surface area contributed by atoms with Crippen molar-refractivity contribution in [1.29, 1.82) is 0 Å². The molecule has 1 N–H and O–H groups in total. The van der Waals surface area contributed by atoms with E-state index in [-0.39, 0.29) is 6.09 Å². The highest BCUT2D eigenvalue weighted by molar-refractivity contribution is 5.68. The molecule has 5 nitrogen and oxygen atoms in total. The van der Waals surface area contributed by atoms with Crippen LogP contribution in [0.3, 0.4) is 0 Å². The van der Waals surface area contributed by atoms with E-state index in [2.05, 4.69) is 5.32 Å². The van der Waals surface area contributed by atoms with Gasteiger partial charge in [-0.05, 0) is 59.3 Å². The van der Waals surface area contributed by atoms with Gasteiger partial charge in [-0.3, -0.25) is 0 Å². The lowest BCUT2D eigenvalue weighted by Crippen LogP contribution is -2.40. The lowest BCUT2D eigenvalue weighted by molar-refractivity contribution is 0.0148. The van der Waals surface area contributed by atoms with Gasteiger partial charge in [0.15, 0.2) is 0 Å². The van der Waals surface area contributed by atoms with Gasteiger partial charge in [0.1, 0.15) is 5.60 Å². The summed E-state index contributed by atoms with van der Waals surface area (Å²) < 4.78 is 11.2. The van der Waals surface area contributed by atoms with E-state index < -0.39 is 5.60 Å². The van der Waals surface area contributed by atoms with Crippen LogP contribution < -0.4 is 5.32 Å². The maximum absolute atomic E-state index is 12.1. The Bertz CT molecular complexity index is 348. The number of carbonyl (C=O) groups excluding carboxylic acids is 1. The van der Waals surface area contributed by atoms with Gasteiger partial charge in [-0.1, -0.05) is 0 Å². The molecule has 2 unspecified atom stereocenters. The van der Waals surface area contributed by atoms with Gasteiger partial charge in [0, 0.05) is 32.3 Å². The Kier molecular flexibility index (Phi) is 6.50. The Labute approximate surface area is 134 Å². The van der Waals surface area contributed by atoms with Gasteiger partial charge in [-0.2, -0.15) is 0 Å². The molecule has 0 saturated carbocycles. The van der Waals surface area contributed by atoms with Crippen molar-refractivity contribution in [3.63, 3.8) is 0 Å². The van der Waals surface area contributed by atoms with Crippen molar-refractivity contribution in [3.05, 3.63) is 0 Å². The highest BCUT2D eigenvalue weighted by Gasteiger charge is 2.25. The number of hydrogen-bond acceptors (Lipinski definition) is 4. The first-order chi connectivity index (χ1) is 10.4. The number of amides is 1. The van der Waals surface area contributed by atoms with Gasteiger partial charge in [0.25, 0.3) is 0 Å². The van der Waals surface area contributed by atoms with Crippen molar-refractivity contribution in [2.24, 2.45) is 0 Å². The lowest BCUT2D eigenvalue weighted by Gasteiger charge is -2.27. The Hall–Kier alpha value is -0.810. The molecule has 0 aliphatic carbocycles. The average molecular weight is 312 g/mol. The Morgan fingerprint density at radius 2 is 2.00 bits per heavy atom. The molecule has 128 valence electrons. The second-order valence-corrected chi connectivity index (χ2v) is 7.49. The summed E-state index contributed by atoms with van der Waals surface area (Å²) in [5.74, 6) is 0. The molecule has 2 aliphatic heterocycles. The third-order valence-corrected chi connectivity index (χ3v) is 4.29. The molecule has 2 heterocycles. The molecule has 1 amide bonds. The Morgan fingerprint density at radius 1 is 1.18 bits per heavy atom. The molecule has 0 aromatic carbocycles. The van der Waals surface area contributed by atoms with Crippen LogP contribution in [0.4, 0.5) is 4.79 Å². The van der Waals surface area contributed by atoms with Crippen LogP contribution in [0.1, 0.15) is 59.3 Å². The molecule has 0 aromatic rings. The van der Waals surface area contributed by atoms with E-state index in [4.69, 9.17) is 9.47 Å². The van der Waals surface area contributed by atoms with E-state index in [0.29, 0.717) is 12.1 Å². The standard InChI is InChI=1S/C17H32N2O3/c1-17(2,3)22-16(20)19-10-6-7-14(9-11-19)18-13-15-8-4-5-12-21-15/h14-15,18H,4-13H2,1-3H3. The summed E-state index contributed by atoms with van der Waals surface area (Å²) in [5.41, 5.74) is -0.417. The van der Waals surface area contributed by atoms with Crippen molar-refractivity contribution in [1.82, 2.24) is 10.2 Å². The summed E-state index contributed by atoms with van der Waals surface area (Å²) in [6.07, 6.45) is 6.99. The van der Waals surface area contributed by atoms with Crippen molar-refractivity contribution in [2.45, 2.75) is 77.0 Å². The summed E-state index contributed by atoms with van der Waals surface area (Å²) >= 11 is 0. The topological polar surface area (TPSA) is 50.8 Å². The van der Waals surface area contributed by atoms with Crippen LogP contribution in [-0.2, 0) is 9.47 Å². The molecule has 2 saturated heterocycles. The van der Waals surface area contributed by atoms with E-state index in [1.54, 1.807) is 0 Å². The van der Waals surface area contributed by atoms with Gasteiger partial charge in [0.2, 0.25) is 0 Å². The first kappa shape index (κ1) is 17.5. The predicted molar refractivity (Wildman–Crippen MR) is 87.0 cm³/mol. The number of carbonyl (C=O) groups is 1. The molecule has 5 heteroatoms. The van der Waals surface area contributed by atoms with E-state index in [0.717, 1.165) is 45.5 Å². The third kappa shape index (κ3) is 6.13. The van der Waals surface area contributed by atoms with Gasteiger partial charge in [-0.15, -0.1) is 0 Å². The fourth-order valence-corrected chi connectivity index (χ4v) is 3.08. The summed E-state index contributed by atoms with van der Waals surface area (Å²) in [6, 6.07) is 0.484. The predicted octanol–water partition coefficient (Wildman–Crippen LogP) is 2.93. The van der Waals surface area contributed by atoms with Crippen molar-refractivity contribution >= 4 is 6.09 Å². The normalized spacial score (nSPS) is 27.3. The molecule has 0 spiro atoms. The smallest absolute Gasteiger partial charge is 0.410 e. The van der Waals surface area contributed by atoms with E-state index >= 15 is 0 Å². The number of nitrogens with one attached hydrogen (secondary N) is 1. The molecular formula is C17H32N2O3. The first-order valence-electron chi connectivity index (χ1n) is 8.77. The minimum atomic E-state index is -0.417. The number of nitrogens with zero attached hydrogens (tertiary/aromatic N) is 1. The van der Waals surface area contributed by atoms with Crippen LogP contribution in [-0.4, -0.2) is 55.0 Å².